The van der Waals surface area contributed by atoms with Crippen molar-refractivity contribution in [2.24, 2.45) is 5.41 Å². The summed E-state index contributed by atoms with van der Waals surface area (Å²) in [6.07, 6.45) is 5.31. The largest absolute Gasteiger partial charge is 0.481 e. The van der Waals surface area contributed by atoms with Gasteiger partial charge < -0.3 is 10.4 Å². The summed E-state index contributed by atoms with van der Waals surface area (Å²) in [5.41, 5.74) is -0.851. The number of aliphatic carboxylic acids is 1. The minimum atomic E-state index is -0.851. The highest BCUT2D eigenvalue weighted by Gasteiger charge is 2.40. The van der Waals surface area contributed by atoms with Crippen LogP contribution in [-0.2, 0) is 16.1 Å². The summed E-state index contributed by atoms with van der Waals surface area (Å²) in [4.78, 5) is 24.8. The number of carbonyl (C=O) groups is 2. The molecule has 0 bridgehead atoms. The first kappa shape index (κ1) is 15.0. The van der Waals surface area contributed by atoms with Crippen LogP contribution in [0.2, 0.25) is 0 Å². The molecule has 1 aromatic heterocycles. The number of rotatable bonds is 5. The molecule has 1 aliphatic rings. The zero-order valence-electron chi connectivity index (χ0n) is 11.6. The van der Waals surface area contributed by atoms with Crippen LogP contribution in [0.25, 0.3) is 0 Å². The highest BCUT2D eigenvalue weighted by molar-refractivity contribution is 7.09. The van der Waals surface area contributed by atoms with Crippen molar-refractivity contribution in [3.63, 3.8) is 0 Å². The quantitative estimate of drug-likeness (QED) is 0.820. The molecule has 5 heteroatoms. The first-order valence-electron chi connectivity index (χ1n) is 7.15. The first-order valence-corrected chi connectivity index (χ1v) is 8.03. The maximum atomic E-state index is 12.1. The minimum absolute atomic E-state index is 0.105. The maximum Gasteiger partial charge on any atom is 0.310 e. The van der Waals surface area contributed by atoms with E-state index in [2.05, 4.69) is 5.32 Å². The summed E-state index contributed by atoms with van der Waals surface area (Å²) in [6, 6.07) is 3.90. The van der Waals surface area contributed by atoms with Gasteiger partial charge in [0.2, 0.25) is 5.91 Å². The van der Waals surface area contributed by atoms with Crippen LogP contribution < -0.4 is 5.32 Å². The molecule has 0 aromatic carbocycles. The number of amides is 1. The minimum Gasteiger partial charge on any atom is -0.481 e. The van der Waals surface area contributed by atoms with Crippen molar-refractivity contribution in [2.75, 3.05) is 0 Å². The average molecular weight is 295 g/mol. The standard InChI is InChI=1S/C15H21NO3S/c17-13(16-11-12-6-5-9-20-12)10-15(14(18)19)7-3-1-2-4-8-15/h5-6,9H,1-4,7-8,10-11H2,(H,16,17)(H,18,19). The van der Waals surface area contributed by atoms with Crippen LogP contribution in [0, 0.1) is 5.41 Å². The third kappa shape index (κ3) is 3.82. The Bertz CT molecular complexity index is 448. The lowest BCUT2D eigenvalue weighted by Gasteiger charge is -2.27. The number of carboxylic acids is 1. The highest BCUT2D eigenvalue weighted by atomic mass is 32.1. The van der Waals surface area contributed by atoms with Crippen molar-refractivity contribution in [1.82, 2.24) is 5.32 Å². The highest BCUT2D eigenvalue weighted by Crippen LogP contribution is 2.38. The molecular formula is C15H21NO3S. The van der Waals surface area contributed by atoms with E-state index in [0.717, 1.165) is 30.6 Å². The fourth-order valence-corrected chi connectivity index (χ4v) is 3.48. The van der Waals surface area contributed by atoms with Crippen LogP contribution in [0.3, 0.4) is 0 Å². The topological polar surface area (TPSA) is 66.4 Å². The fraction of sp³-hybridized carbons (Fsp3) is 0.600. The summed E-state index contributed by atoms with van der Waals surface area (Å²) >= 11 is 1.59. The number of carbonyl (C=O) groups excluding carboxylic acids is 1. The van der Waals surface area contributed by atoms with Crippen LogP contribution >= 0.6 is 11.3 Å². The van der Waals surface area contributed by atoms with Crippen molar-refractivity contribution in [3.05, 3.63) is 22.4 Å². The summed E-state index contributed by atoms with van der Waals surface area (Å²) < 4.78 is 0. The normalized spacial score (nSPS) is 18.2. The monoisotopic (exact) mass is 295 g/mol. The number of carboxylic acid groups (broad SMARTS) is 1. The maximum absolute atomic E-state index is 12.1. The second-order valence-corrected chi connectivity index (χ2v) is 6.56. The van der Waals surface area contributed by atoms with E-state index in [4.69, 9.17) is 0 Å². The molecule has 4 nitrogen and oxygen atoms in total. The molecule has 0 saturated heterocycles. The van der Waals surface area contributed by atoms with Crippen LogP contribution in [0.15, 0.2) is 17.5 Å². The van der Waals surface area contributed by atoms with E-state index in [-0.39, 0.29) is 12.3 Å². The Hall–Kier alpha value is -1.36. The molecule has 0 spiro atoms. The van der Waals surface area contributed by atoms with Crippen LogP contribution in [0.5, 0.6) is 0 Å². The number of nitrogens with one attached hydrogen (secondary N) is 1. The average Bonchev–Trinajstić information content (AvgIpc) is 2.82. The molecule has 20 heavy (non-hydrogen) atoms. The van der Waals surface area contributed by atoms with Crippen molar-refractivity contribution in [2.45, 2.75) is 51.5 Å². The molecule has 1 aliphatic carbocycles. The van der Waals surface area contributed by atoms with Crippen molar-refractivity contribution in [1.29, 1.82) is 0 Å². The van der Waals surface area contributed by atoms with Gasteiger partial charge in [0.1, 0.15) is 0 Å². The lowest BCUT2D eigenvalue weighted by molar-refractivity contribution is -0.152. The molecule has 1 fully saturated rings. The van der Waals surface area contributed by atoms with Gasteiger partial charge in [0.25, 0.3) is 0 Å². The molecule has 1 aromatic rings. The number of hydrogen-bond acceptors (Lipinski definition) is 3. The Balaban J connectivity index is 1.93. The second kappa shape index (κ2) is 6.88. The molecule has 0 atom stereocenters. The molecule has 110 valence electrons. The molecule has 1 heterocycles. The summed E-state index contributed by atoms with van der Waals surface area (Å²) in [5, 5.41) is 14.3. The summed E-state index contributed by atoms with van der Waals surface area (Å²) in [6.45, 7) is 0.492. The van der Waals surface area contributed by atoms with Gasteiger partial charge in [0.05, 0.1) is 12.0 Å². The van der Waals surface area contributed by atoms with Gasteiger partial charge in [-0.1, -0.05) is 31.7 Å². The van der Waals surface area contributed by atoms with Gasteiger partial charge >= 0.3 is 5.97 Å². The lowest BCUT2D eigenvalue weighted by Crippen LogP contribution is -2.37. The van der Waals surface area contributed by atoms with Gasteiger partial charge in [-0.3, -0.25) is 9.59 Å². The van der Waals surface area contributed by atoms with E-state index in [0.29, 0.717) is 19.4 Å². The van der Waals surface area contributed by atoms with E-state index in [1.165, 1.54) is 0 Å². The van der Waals surface area contributed by atoms with Crippen LogP contribution in [0.1, 0.15) is 49.8 Å². The van der Waals surface area contributed by atoms with Crippen molar-refractivity contribution in [3.8, 4) is 0 Å². The molecule has 0 radical (unpaired) electrons. The van der Waals surface area contributed by atoms with Crippen molar-refractivity contribution < 1.29 is 14.7 Å². The van der Waals surface area contributed by atoms with Gasteiger partial charge in [0.15, 0.2) is 0 Å². The Kier molecular flexibility index (Phi) is 5.17. The second-order valence-electron chi connectivity index (χ2n) is 5.53. The Labute approximate surface area is 123 Å². The smallest absolute Gasteiger partial charge is 0.310 e. The van der Waals surface area contributed by atoms with E-state index in [1.54, 1.807) is 11.3 Å². The molecule has 2 rings (SSSR count). The van der Waals surface area contributed by atoms with E-state index in [9.17, 15) is 14.7 Å². The van der Waals surface area contributed by atoms with Gasteiger partial charge in [-0.15, -0.1) is 11.3 Å². The molecular weight excluding hydrogens is 274 g/mol. The number of thiophene rings is 1. The zero-order chi connectivity index (χ0) is 14.4. The first-order chi connectivity index (χ1) is 9.62. The summed E-state index contributed by atoms with van der Waals surface area (Å²) in [5.74, 6) is -0.964. The zero-order valence-corrected chi connectivity index (χ0v) is 12.4. The Morgan fingerprint density at radius 2 is 1.95 bits per heavy atom. The number of hydrogen-bond donors (Lipinski definition) is 2. The SMILES string of the molecule is O=C(CC1(C(=O)O)CCCCCC1)NCc1cccs1. The van der Waals surface area contributed by atoms with Crippen LogP contribution in [-0.4, -0.2) is 17.0 Å². The van der Waals surface area contributed by atoms with Crippen molar-refractivity contribution >= 4 is 23.2 Å². The molecule has 1 amide bonds. The predicted octanol–water partition coefficient (Wildman–Crippen LogP) is 3.18. The van der Waals surface area contributed by atoms with E-state index >= 15 is 0 Å². The summed E-state index contributed by atoms with van der Waals surface area (Å²) in [7, 11) is 0. The van der Waals surface area contributed by atoms with E-state index in [1.807, 2.05) is 17.5 Å². The fourth-order valence-electron chi connectivity index (χ4n) is 2.84. The van der Waals surface area contributed by atoms with E-state index < -0.39 is 11.4 Å². The molecule has 2 N–H and O–H groups in total. The predicted molar refractivity (Wildman–Crippen MR) is 78.6 cm³/mol. The Morgan fingerprint density at radius 1 is 1.25 bits per heavy atom. The third-order valence-corrected chi connectivity index (χ3v) is 4.93. The molecule has 0 aliphatic heterocycles. The van der Waals surface area contributed by atoms with Gasteiger partial charge in [0, 0.05) is 11.3 Å². The molecule has 0 unspecified atom stereocenters. The molecule has 1 saturated carbocycles. The van der Waals surface area contributed by atoms with Gasteiger partial charge in [-0.05, 0) is 24.3 Å². The lowest BCUT2D eigenvalue weighted by atomic mass is 9.77. The third-order valence-electron chi connectivity index (χ3n) is 4.05. The van der Waals surface area contributed by atoms with Gasteiger partial charge in [-0.25, -0.2) is 0 Å². The Morgan fingerprint density at radius 3 is 2.50 bits per heavy atom. The van der Waals surface area contributed by atoms with Crippen LogP contribution in [0.4, 0.5) is 0 Å². The van der Waals surface area contributed by atoms with Gasteiger partial charge in [-0.2, -0.15) is 0 Å².